The molecule has 0 bridgehead atoms. The Morgan fingerprint density at radius 2 is 2.19 bits per heavy atom. The van der Waals surface area contributed by atoms with Crippen molar-refractivity contribution in [2.45, 2.75) is 19.4 Å². The van der Waals surface area contributed by atoms with Gasteiger partial charge in [-0.25, -0.2) is 4.68 Å². The molecule has 3 aromatic rings. The van der Waals surface area contributed by atoms with Gasteiger partial charge >= 0.3 is 0 Å². The zero-order valence-electron chi connectivity index (χ0n) is 14.6. The van der Waals surface area contributed by atoms with Crippen molar-refractivity contribution in [3.8, 4) is 17.1 Å². The molecule has 1 amide bonds. The lowest BCUT2D eigenvalue weighted by Gasteiger charge is -2.11. The van der Waals surface area contributed by atoms with E-state index in [2.05, 4.69) is 10.4 Å². The van der Waals surface area contributed by atoms with E-state index < -0.39 is 0 Å². The molecule has 0 fully saturated rings. The molecule has 1 N–H and O–H groups in total. The molecule has 1 aromatic carbocycles. The van der Waals surface area contributed by atoms with Crippen LogP contribution in [0.25, 0.3) is 17.1 Å². The topological polar surface area (TPSA) is 69.3 Å². The van der Waals surface area contributed by atoms with Gasteiger partial charge < -0.3 is 14.5 Å². The molecule has 1 unspecified atom stereocenters. The van der Waals surface area contributed by atoms with Crippen molar-refractivity contribution < 1.29 is 13.9 Å². The van der Waals surface area contributed by atoms with Crippen LogP contribution in [-0.4, -0.2) is 35.4 Å². The molecule has 6 nitrogen and oxygen atoms in total. The molecular weight excluding hydrogens is 354 g/mol. The zero-order chi connectivity index (χ0) is 18.5. The quantitative estimate of drug-likeness (QED) is 0.681. The van der Waals surface area contributed by atoms with Crippen LogP contribution in [0.4, 0.5) is 0 Å². The van der Waals surface area contributed by atoms with Gasteiger partial charge in [0.1, 0.15) is 5.69 Å². The van der Waals surface area contributed by atoms with Gasteiger partial charge in [-0.15, -0.1) is 0 Å². The van der Waals surface area contributed by atoms with Crippen LogP contribution in [0.15, 0.2) is 53.1 Å². The molecule has 2 aromatic heterocycles. The lowest BCUT2D eigenvalue weighted by molar-refractivity contribution is 0.0924. The molecule has 0 radical (unpaired) electrons. The van der Waals surface area contributed by atoms with E-state index in [0.717, 1.165) is 12.1 Å². The summed E-state index contributed by atoms with van der Waals surface area (Å²) in [5.74, 6) is 0.367. The number of nitrogens with one attached hydrogen (secondary N) is 1. The van der Waals surface area contributed by atoms with Crippen molar-refractivity contribution in [1.29, 1.82) is 0 Å². The second-order valence-corrected chi connectivity index (χ2v) is 6.38. The van der Waals surface area contributed by atoms with Crippen LogP contribution in [0.3, 0.4) is 0 Å². The molecule has 26 heavy (non-hydrogen) atoms. The van der Waals surface area contributed by atoms with Crippen LogP contribution < -0.4 is 5.32 Å². The molecule has 0 spiro atoms. The lowest BCUT2D eigenvalue weighted by atomic mass is 10.2. The number of hydrogen-bond acceptors (Lipinski definition) is 4. The van der Waals surface area contributed by atoms with Gasteiger partial charge in [0.15, 0.2) is 11.5 Å². The van der Waals surface area contributed by atoms with Crippen LogP contribution in [-0.2, 0) is 4.74 Å². The minimum absolute atomic E-state index is 0.0224. The standard InChI is InChI=1S/C19H20ClN3O3/c1-13(8-10-25-2)21-19(24)16-12-17(18-7-4-9-26-18)23(22-16)15-6-3-5-14(20)11-15/h3-7,9,11-13H,8,10H2,1-2H3,(H,21,24). The Kier molecular flexibility index (Phi) is 5.75. The predicted octanol–water partition coefficient (Wildman–Crippen LogP) is 3.94. The predicted molar refractivity (Wildman–Crippen MR) is 99.7 cm³/mol. The number of ether oxygens (including phenoxy) is 1. The maximum atomic E-state index is 12.6. The fourth-order valence-electron chi connectivity index (χ4n) is 2.56. The highest BCUT2D eigenvalue weighted by Gasteiger charge is 2.19. The van der Waals surface area contributed by atoms with Gasteiger partial charge in [-0.1, -0.05) is 17.7 Å². The third-order valence-electron chi connectivity index (χ3n) is 3.90. The van der Waals surface area contributed by atoms with E-state index in [-0.39, 0.29) is 11.9 Å². The maximum Gasteiger partial charge on any atom is 0.272 e. The minimum atomic E-state index is -0.248. The summed E-state index contributed by atoms with van der Waals surface area (Å²) in [6.07, 6.45) is 2.31. The fourth-order valence-corrected chi connectivity index (χ4v) is 2.75. The average Bonchev–Trinajstić information content (AvgIpc) is 3.29. The number of hydrogen-bond donors (Lipinski definition) is 1. The fraction of sp³-hybridized carbons (Fsp3) is 0.263. The first-order chi connectivity index (χ1) is 12.6. The van der Waals surface area contributed by atoms with Gasteiger partial charge in [-0.3, -0.25) is 4.79 Å². The minimum Gasteiger partial charge on any atom is -0.463 e. The third kappa shape index (κ3) is 4.15. The smallest absolute Gasteiger partial charge is 0.272 e. The summed E-state index contributed by atoms with van der Waals surface area (Å²) in [5, 5.41) is 7.98. The summed E-state index contributed by atoms with van der Waals surface area (Å²) in [5.41, 5.74) is 1.72. The summed E-state index contributed by atoms with van der Waals surface area (Å²) in [4.78, 5) is 12.6. The molecule has 0 aliphatic heterocycles. The SMILES string of the molecule is COCCC(C)NC(=O)c1cc(-c2ccco2)n(-c2cccc(Cl)c2)n1. The zero-order valence-corrected chi connectivity index (χ0v) is 15.4. The van der Waals surface area contributed by atoms with Crippen LogP contribution in [0.2, 0.25) is 5.02 Å². The Hall–Kier alpha value is -2.57. The van der Waals surface area contributed by atoms with E-state index >= 15 is 0 Å². The number of nitrogens with zero attached hydrogens (tertiary/aromatic N) is 2. The highest BCUT2D eigenvalue weighted by molar-refractivity contribution is 6.30. The molecule has 7 heteroatoms. The molecule has 0 aliphatic rings. The van der Waals surface area contributed by atoms with E-state index in [0.29, 0.717) is 28.8 Å². The molecule has 0 saturated carbocycles. The second-order valence-electron chi connectivity index (χ2n) is 5.94. The van der Waals surface area contributed by atoms with Gasteiger partial charge in [0.25, 0.3) is 5.91 Å². The van der Waals surface area contributed by atoms with Gasteiger partial charge in [0.05, 0.1) is 12.0 Å². The van der Waals surface area contributed by atoms with Gasteiger partial charge in [-0.2, -0.15) is 5.10 Å². The molecule has 0 aliphatic carbocycles. The van der Waals surface area contributed by atoms with E-state index in [9.17, 15) is 4.79 Å². The molecule has 2 heterocycles. The Bertz CT molecular complexity index is 874. The van der Waals surface area contributed by atoms with Crippen LogP contribution in [0.5, 0.6) is 0 Å². The number of aromatic nitrogens is 2. The summed E-state index contributed by atoms with van der Waals surface area (Å²) < 4.78 is 12.2. The van der Waals surface area contributed by atoms with E-state index in [4.69, 9.17) is 20.8 Å². The number of carbonyl (C=O) groups excluding carboxylic acids is 1. The first kappa shape index (κ1) is 18.2. The number of halogens is 1. The molecular formula is C19H20ClN3O3. The summed E-state index contributed by atoms with van der Waals surface area (Å²) in [6.45, 7) is 2.51. The van der Waals surface area contributed by atoms with Crippen molar-refractivity contribution in [2.75, 3.05) is 13.7 Å². The highest BCUT2D eigenvalue weighted by atomic mass is 35.5. The highest BCUT2D eigenvalue weighted by Crippen LogP contribution is 2.25. The van der Waals surface area contributed by atoms with Gasteiger partial charge in [0, 0.05) is 30.8 Å². The van der Waals surface area contributed by atoms with Crippen molar-refractivity contribution in [2.24, 2.45) is 0 Å². The molecule has 0 saturated heterocycles. The Balaban J connectivity index is 1.93. The largest absolute Gasteiger partial charge is 0.463 e. The van der Waals surface area contributed by atoms with Crippen molar-refractivity contribution in [1.82, 2.24) is 15.1 Å². The second kappa shape index (κ2) is 8.21. The average molecular weight is 374 g/mol. The Labute approximate surface area is 156 Å². The van der Waals surface area contributed by atoms with Crippen molar-refractivity contribution >= 4 is 17.5 Å². The van der Waals surface area contributed by atoms with Crippen molar-refractivity contribution in [3.05, 3.63) is 59.4 Å². The molecule has 3 rings (SSSR count). The number of methoxy groups -OCH3 is 1. The molecule has 136 valence electrons. The van der Waals surface area contributed by atoms with Gasteiger partial charge in [0.2, 0.25) is 0 Å². The van der Waals surface area contributed by atoms with Crippen LogP contribution in [0.1, 0.15) is 23.8 Å². The Morgan fingerprint density at radius 1 is 1.35 bits per heavy atom. The summed E-state index contributed by atoms with van der Waals surface area (Å²) in [7, 11) is 1.64. The lowest BCUT2D eigenvalue weighted by Crippen LogP contribution is -2.33. The molecule has 1 atom stereocenters. The van der Waals surface area contributed by atoms with Crippen LogP contribution in [0, 0.1) is 0 Å². The normalized spacial score (nSPS) is 12.1. The monoisotopic (exact) mass is 373 g/mol. The number of carbonyl (C=O) groups is 1. The number of benzene rings is 1. The van der Waals surface area contributed by atoms with E-state index in [1.807, 2.05) is 25.1 Å². The van der Waals surface area contributed by atoms with E-state index in [1.165, 1.54) is 0 Å². The van der Waals surface area contributed by atoms with Crippen LogP contribution >= 0.6 is 11.6 Å². The van der Waals surface area contributed by atoms with E-state index in [1.54, 1.807) is 42.3 Å². The van der Waals surface area contributed by atoms with Gasteiger partial charge in [-0.05, 0) is 43.7 Å². The third-order valence-corrected chi connectivity index (χ3v) is 4.14. The number of amides is 1. The first-order valence-electron chi connectivity index (χ1n) is 8.28. The summed E-state index contributed by atoms with van der Waals surface area (Å²) >= 11 is 6.10. The summed E-state index contributed by atoms with van der Waals surface area (Å²) in [6, 6.07) is 12.6. The maximum absolute atomic E-state index is 12.6. The van der Waals surface area contributed by atoms with Crippen molar-refractivity contribution in [3.63, 3.8) is 0 Å². The number of furan rings is 1. The first-order valence-corrected chi connectivity index (χ1v) is 8.66. The Morgan fingerprint density at radius 3 is 2.88 bits per heavy atom. The number of rotatable bonds is 7.